The molecule has 2 amide bonds. The molecular weight excluding hydrogens is 336 g/mol. The standard InChI is InChI=1S/C20H21ClN2O2/c1-14-5-7-16(8-6-14)20(25)23-11-9-15(10-12-23)19(24)22-18-4-2-3-17(21)13-18/h2-8,13,15H,9-12H2,1H3,(H,22,24). The van der Waals surface area contributed by atoms with Gasteiger partial charge in [0.2, 0.25) is 5.91 Å². The van der Waals surface area contributed by atoms with Gasteiger partial charge in [-0.1, -0.05) is 35.4 Å². The van der Waals surface area contributed by atoms with Gasteiger partial charge in [0.25, 0.3) is 5.91 Å². The van der Waals surface area contributed by atoms with Gasteiger partial charge in [-0.25, -0.2) is 0 Å². The van der Waals surface area contributed by atoms with Gasteiger partial charge in [-0.2, -0.15) is 0 Å². The smallest absolute Gasteiger partial charge is 0.253 e. The number of carbonyl (C=O) groups is 2. The number of hydrogen-bond donors (Lipinski definition) is 1. The number of aryl methyl sites for hydroxylation is 1. The molecule has 0 aromatic heterocycles. The molecule has 5 heteroatoms. The van der Waals surface area contributed by atoms with Gasteiger partial charge in [0.1, 0.15) is 0 Å². The molecule has 3 rings (SSSR count). The molecule has 25 heavy (non-hydrogen) atoms. The molecule has 1 aliphatic heterocycles. The summed E-state index contributed by atoms with van der Waals surface area (Å²) in [5.74, 6) is -0.0561. The first-order chi connectivity index (χ1) is 12.0. The highest BCUT2D eigenvalue weighted by Gasteiger charge is 2.27. The van der Waals surface area contributed by atoms with Gasteiger partial charge >= 0.3 is 0 Å². The molecule has 0 bridgehead atoms. The first kappa shape index (κ1) is 17.5. The van der Waals surface area contributed by atoms with Gasteiger partial charge in [-0.3, -0.25) is 9.59 Å². The molecular formula is C20H21ClN2O2. The average Bonchev–Trinajstić information content (AvgIpc) is 2.62. The number of halogens is 1. The minimum absolute atomic E-state index is 0.00954. The number of piperidine rings is 1. The second kappa shape index (κ2) is 7.70. The summed E-state index contributed by atoms with van der Waals surface area (Å²) in [5.41, 5.74) is 2.54. The van der Waals surface area contributed by atoms with Crippen LogP contribution in [0.1, 0.15) is 28.8 Å². The predicted octanol–water partition coefficient (Wildman–Crippen LogP) is 4.14. The topological polar surface area (TPSA) is 49.4 Å². The number of anilines is 1. The number of hydrogen-bond acceptors (Lipinski definition) is 2. The number of rotatable bonds is 3. The molecule has 130 valence electrons. The Bertz CT molecular complexity index is 766. The van der Waals surface area contributed by atoms with Crippen LogP contribution in [0.3, 0.4) is 0 Å². The predicted molar refractivity (Wildman–Crippen MR) is 99.9 cm³/mol. The highest BCUT2D eigenvalue weighted by molar-refractivity contribution is 6.30. The van der Waals surface area contributed by atoms with Crippen molar-refractivity contribution >= 4 is 29.1 Å². The Morgan fingerprint density at radius 3 is 2.40 bits per heavy atom. The van der Waals surface area contributed by atoms with Crippen molar-refractivity contribution in [3.05, 3.63) is 64.7 Å². The van der Waals surface area contributed by atoms with Crippen LogP contribution in [0, 0.1) is 12.8 Å². The lowest BCUT2D eigenvalue weighted by Crippen LogP contribution is -2.41. The van der Waals surface area contributed by atoms with E-state index in [9.17, 15) is 9.59 Å². The zero-order valence-corrected chi connectivity index (χ0v) is 14.9. The third kappa shape index (κ3) is 4.40. The van der Waals surface area contributed by atoms with Crippen molar-refractivity contribution in [2.45, 2.75) is 19.8 Å². The second-order valence-corrected chi connectivity index (χ2v) is 6.87. The molecule has 4 nitrogen and oxygen atoms in total. The summed E-state index contributed by atoms with van der Waals surface area (Å²) < 4.78 is 0. The van der Waals surface area contributed by atoms with Crippen LogP contribution in [0.2, 0.25) is 5.02 Å². The average molecular weight is 357 g/mol. The van der Waals surface area contributed by atoms with Crippen LogP contribution in [-0.2, 0) is 4.79 Å². The number of nitrogens with zero attached hydrogens (tertiary/aromatic N) is 1. The third-order valence-corrected chi connectivity index (χ3v) is 4.78. The summed E-state index contributed by atoms with van der Waals surface area (Å²) in [4.78, 5) is 26.8. The Kier molecular flexibility index (Phi) is 5.39. The van der Waals surface area contributed by atoms with Crippen molar-refractivity contribution in [3.63, 3.8) is 0 Å². The highest BCUT2D eigenvalue weighted by atomic mass is 35.5. The summed E-state index contributed by atoms with van der Waals surface area (Å²) in [5, 5.41) is 3.50. The van der Waals surface area contributed by atoms with E-state index in [4.69, 9.17) is 11.6 Å². The van der Waals surface area contributed by atoms with E-state index in [1.54, 1.807) is 18.2 Å². The van der Waals surface area contributed by atoms with Crippen molar-refractivity contribution in [2.75, 3.05) is 18.4 Å². The summed E-state index contributed by atoms with van der Waals surface area (Å²) in [6.07, 6.45) is 1.34. The van der Waals surface area contributed by atoms with Crippen LogP contribution < -0.4 is 5.32 Å². The van der Waals surface area contributed by atoms with E-state index in [-0.39, 0.29) is 17.7 Å². The molecule has 2 aromatic rings. The van der Waals surface area contributed by atoms with Crippen LogP contribution >= 0.6 is 11.6 Å². The Labute approximate surface area is 152 Å². The Balaban J connectivity index is 1.55. The quantitative estimate of drug-likeness (QED) is 0.898. The molecule has 1 aliphatic rings. The zero-order valence-electron chi connectivity index (χ0n) is 14.2. The SMILES string of the molecule is Cc1ccc(C(=O)N2CCC(C(=O)Nc3cccc(Cl)c3)CC2)cc1. The molecule has 1 N–H and O–H groups in total. The van der Waals surface area contributed by atoms with Gasteiger partial charge in [0.15, 0.2) is 0 Å². The highest BCUT2D eigenvalue weighted by Crippen LogP contribution is 2.22. The lowest BCUT2D eigenvalue weighted by molar-refractivity contribution is -0.121. The Morgan fingerprint density at radius 1 is 1.08 bits per heavy atom. The van der Waals surface area contributed by atoms with Gasteiger partial charge in [0, 0.05) is 35.3 Å². The Hall–Kier alpha value is -2.33. The van der Waals surface area contributed by atoms with Crippen LogP contribution in [-0.4, -0.2) is 29.8 Å². The largest absolute Gasteiger partial charge is 0.339 e. The van der Waals surface area contributed by atoms with Gasteiger partial charge in [-0.05, 0) is 50.1 Å². The number of benzene rings is 2. The first-order valence-electron chi connectivity index (χ1n) is 8.45. The zero-order chi connectivity index (χ0) is 17.8. The molecule has 0 unspecified atom stereocenters. The number of amides is 2. The monoisotopic (exact) mass is 356 g/mol. The van der Waals surface area contributed by atoms with E-state index < -0.39 is 0 Å². The molecule has 1 heterocycles. The summed E-state index contributed by atoms with van der Waals surface area (Å²) in [6, 6.07) is 14.7. The lowest BCUT2D eigenvalue weighted by atomic mass is 9.95. The van der Waals surface area contributed by atoms with Crippen molar-refractivity contribution < 1.29 is 9.59 Å². The minimum atomic E-state index is -0.0824. The molecule has 2 aromatic carbocycles. The van der Waals surface area contributed by atoms with Crippen molar-refractivity contribution in [2.24, 2.45) is 5.92 Å². The van der Waals surface area contributed by atoms with Gasteiger partial charge in [-0.15, -0.1) is 0 Å². The first-order valence-corrected chi connectivity index (χ1v) is 8.83. The molecule has 1 fully saturated rings. The molecule has 0 aliphatic carbocycles. The molecule has 0 spiro atoms. The van der Waals surface area contributed by atoms with Crippen LogP contribution in [0.25, 0.3) is 0 Å². The normalized spacial score (nSPS) is 15.0. The fourth-order valence-corrected chi connectivity index (χ4v) is 3.22. The maximum absolute atomic E-state index is 12.5. The van der Waals surface area contributed by atoms with E-state index in [1.165, 1.54) is 0 Å². The summed E-state index contributed by atoms with van der Waals surface area (Å²) in [6.45, 7) is 3.19. The van der Waals surface area contributed by atoms with Crippen LogP contribution in [0.5, 0.6) is 0 Å². The summed E-state index contributed by atoms with van der Waals surface area (Å²) in [7, 11) is 0. The third-order valence-electron chi connectivity index (χ3n) is 4.54. The number of carbonyl (C=O) groups excluding carboxylic acids is 2. The van der Waals surface area contributed by atoms with Gasteiger partial charge < -0.3 is 10.2 Å². The van der Waals surface area contributed by atoms with E-state index in [1.807, 2.05) is 42.2 Å². The number of likely N-dealkylation sites (tertiary alicyclic amines) is 1. The molecule has 0 atom stereocenters. The molecule has 1 saturated heterocycles. The van der Waals surface area contributed by atoms with Crippen molar-refractivity contribution in [1.82, 2.24) is 4.90 Å². The van der Waals surface area contributed by atoms with Crippen molar-refractivity contribution in [1.29, 1.82) is 0 Å². The van der Waals surface area contributed by atoms with E-state index in [2.05, 4.69) is 5.32 Å². The van der Waals surface area contributed by atoms with Crippen molar-refractivity contribution in [3.8, 4) is 0 Å². The number of nitrogens with one attached hydrogen (secondary N) is 1. The van der Waals surface area contributed by atoms with Crippen LogP contribution in [0.4, 0.5) is 5.69 Å². The van der Waals surface area contributed by atoms with E-state index in [0.29, 0.717) is 42.2 Å². The summed E-state index contributed by atoms with van der Waals surface area (Å²) >= 11 is 5.94. The minimum Gasteiger partial charge on any atom is -0.339 e. The second-order valence-electron chi connectivity index (χ2n) is 6.43. The maximum Gasteiger partial charge on any atom is 0.253 e. The van der Waals surface area contributed by atoms with Gasteiger partial charge in [0.05, 0.1) is 0 Å². The van der Waals surface area contributed by atoms with Crippen LogP contribution in [0.15, 0.2) is 48.5 Å². The van der Waals surface area contributed by atoms with E-state index in [0.717, 1.165) is 5.56 Å². The molecule has 0 saturated carbocycles. The van der Waals surface area contributed by atoms with E-state index >= 15 is 0 Å². The Morgan fingerprint density at radius 2 is 1.76 bits per heavy atom. The lowest BCUT2D eigenvalue weighted by Gasteiger charge is -2.31. The fourth-order valence-electron chi connectivity index (χ4n) is 3.03. The fraction of sp³-hybridized carbons (Fsp3) is 0.300. The maximum atomic E-state index is 12.5. The molecule has 0 radical (unpaired) electrons.